The van der Waals surface area contributed by atoms with Crippen molar-refractivity contribution in [3.63, 3.8) is 0 Å². The molecule has 0 fully saturated rings. The molecule has 0 spiro atoms. The van der Waals surface area contributed by atoms with E-state index in [1.807, 2.05) is 48.5 Å². The number of nitrogens with one attached hydrogen (secondary N) is 2. The molecule has 2 amide bonds. The molecule has 5 aromatic rings. The summed E-state index contributed by atoms with van der Waals surface area (Å²) in [6.45, 7) is 0. The number of ketones is 1. The predicted octanol–water partition coefficient (Wildman–Crippen LogP) is 8.30. The average molecular weight is 615 g/mol. The van der Waals surface area contributed by atoms with Crippen molar-refractivity contribution in [3.8, 4) is 11.1 Å². The Kier molecular flexibility index (Phi) is 8.73. The van der Waals surface area contributed by atoms with Gasteiger partial charge in [-0.05, 0) is 82.8 Å². The van der Waals surface area contributed by atoms with Gasteiger partial charge in [-0.3, -0.25) is 14.4 Å². The van der Waals surface area contributed by atoms with E-state index in [0.29, 0.717) is 27.4 Å². The lowest BCUT2D eigenvalue weighted by molar-refractivity contribution is -0.113. The Labute approximate surface area is 265 Å². The van der Waals surface area contributed by atoms with Crippen molar-refractivity contribution in [1.29, 1.82) is 0 Å². The highest BCUT2D eigenvalue weighted by Crippen LogP contribution is 2.37. The Morgan fingerprint density at radius 2 is 1.48 bits per heavy atom. The molecule has 7 heteroatoms. The Hall–Kier alpha value is -4.91. The molecule has 5 nitrogen and oxygen atoms in total. The van der Waals surface area contributed by atoms with E-state index in [1.165, 1.54) is 34.0 Å². The number of rotatable bonds is 9. The number of fused-ring (bicyclic) bond motifs is 3. The van der Waals surface area contributed by atoms with Gasteiger partial charge in [0, 0.05) is 26.7 Å². The molecular weight excluding hydrogens is 588 g/mol. The molecule has 216 valence electrons. The van der Waals surface area contributed by atoms with Crippen LogP contribution in [0.4, 0.5) is 5.69 Å². The lowest BCUT2D eigenvalue weighted by Crippen LogP contribution is -2.30. The van der Waals surface area contributed by atoms with Crippen molar-refractivity contribution >= 4 is 52.7 Å². The van der Waals surface area contributed by atoms with Crippen LogP contribution in [0.3, 0.4) is 0 Å². The maximum Gasteiger partial charge on any atom is 0.272 e. The topological polar surface area (TPSA) is 75.3 Å². The van der Waals surface area contributed by atoms with Crippen LogP contribution >= 0.6 is 23.4 Å². The maximum absolute atomic E-state index is 13.4. The van der Waals surface area contributed by atoms with Crippen molar-refractivity contribution in [3.05, 3.63) is 160 Å². The molecule has 0 saturated heterocycles. The lowest BCUT2D eigenvalue weighted by Gasteiger charge is -2.12. The summed E-state index contributed by atoms with van der Waals surface area (Å²) in [7, 11) is 0. The van der Waals surface area contributed by atoms with E-state index in [0.717, 1.165) is 11.3 Å². The van der Waals surface area contributed by atoms with Crippen LogP contribution in [0.2, 0.25) is 5.02 Å². The first-order valence-corrected chi connectivity index (χ1v) is 15.4. The van der Waals surface area contributed by atoms with Gasteiger partial charge in [0.05, 0.1) is 5.75 Å². The van der Waals surface area contributed by atoms with Gasteiger partial charge in [-0.25, -0.2) is 0 Å². The third-order valence-electron chi connectivity index (χ3n) is 7.31. The SMILES string of the molecule is O=C(Nc1cccc(SCC(=O)c2ccc3c(c2)Cc2ccccc2-3)c1)/C(=C/c1ccccc1Cl)NC(=O)c1ccccc1. The summed E-state index contributed by atoms with van der Waals surface area (Å²) < 4.78 is 0. The molecule has 1 aliphatic rings. The first kappa shape index (κ1) is 29.2. The maximum atomic E-state index is 13.4. The molecule has 0 unspecified atom stereocenters. The summed E-state index contributed by atoms with van der Waals surface area (Å²) in [5.41, 5.74) is 7.15. The van der Waals surface area contributed by atoms with Crippen molar-refractivity contribution in [2.75, 3.05) is 11.1 Å². The monoisotopic (exact) mass is 614 g/mol. The minimum absolute atomic E-state index is 0.0387. The van der Waals surface area contributed by atoms with Gasteiger partial charge in [-0.2, -0.15) is 0 Å². The highest BCUT2D eigenvalue weighted by atomic mass is 35.5. The number of carbonyl (C=O) groups is 3. The largest absolute Gasteiger partial charge is 0.321 e. The second kappa shape index (κ2) is 13.2. The number of anilines is 1. The first-order chi connectivity index (χ1) is 21.4. The Bertz CT molecular complexity index is 1920. The number of halogens is 1. The van der Waals surface area contributed by atoms with E-state index >= 15 is 0 Å². The Morgan fingerprint density at radius 1 is 0.727 bits per heavy atom. The molecule has 0 aromatic heterocycles. The average Bonchev–Trinajstić information content (AvgIpc) is 3.43. The zero-order valence-corrected chi connectivity index (χ0v) is 25.1. The van der Waals surface area contributed by atoms with Gasteiger partial charge in [0.2, 0.25) is 0 Å². The van der Waals surface area contributed by atoms with Crippen LogP contribution in [0.25, 0.3) is 17.2 Å². The van der Waals surface area contributed by atoms with E-state index in [-0.39, 0.29) is 17.2 Å². The third-order valence-corrected chi connectivity index (χ3v) is 8.65. The van der Waals surface area contributed by atoms with Crippen LogP contribution in [0, 0.1) is 0 Å². The second-order valence-corrected chi connectivity index (χ2v) is 11.8. The summed E-state index contributed by atoms with van der Waals surface area (Å²) in [6.07, 6.45) is 2.38. The minimum Gasteiger partial charge on any atom is -0.321 e. The summed E-state index contributed by atoms with van der Waals surface area (Å²) >= 11 is 7.75. The summed E-state index contributed by atoms with van der Waals surface area (Å²) in [5, 5.41) is 6.05. The molecule has 6 rings (SSSR count). The van der Waals surface area contributed by atoms with Crippen LogP contribution in [0.1, 0.15) is 37.4 Å². The second-order valence-electron chi connectivity index (χ2n) is 10.3. The quantitative estimate of drug-likeness (QED) is 0.0976. The van der Waals surface area contributed by atoms with E-state index in [2.05, 4.69) is 22.8 Å². The highest BCUT2D eigenvalue weighted by Gasteiger charge is 2.20. The number of Topliss-reactive ketones (excluding diaryl/α,β-unsaturated/α-hetero) is 1. The number of hydrogen-bond acceptors (Lipinski definition) is 4. The van der Waals surface area contributed by atoms with Gasteiger partial charge in [-0.1, -0.05) is 90.5 Å². The van der Waals surface area contributed by atoms with Crippen LogP contribution in [-0.4, -0.2) is 23.4 Å². The molecular formula is C37H27ClN2O3S. The van der Waals surface area contributed by atoms with E-state index < -0.39 is 11.8 Å². The molecule has 0 saturated carbocycles. The van der Waals surface area contributed by atoms with Gasteiger partial charge in [0.1, 0.15) is 5.70 Å². The summed E-state index contributed by atoms with van der Waals surface area (Å²) in [4.78, 5) is 40.3. The molecule has 0 atom stereocenters. The number of benzene rings is 5. The van der Waals surface area contributed by atoms with Gasteiger partial charge < -0.3 is 10.6 Å². The number of hydrogen-bond donors (Lipinski definition) is 2. The fraction of sp³-hybridized carbons (Fsp3) is 0.0541. The molecule has 1 aliphatic carbocycles. The zero-order chi connectivity index (χ0) is 30.5. The van der Waals surface area contributed by atoms with Gasteiger partial charge in [0.25, 0.3) is 11.8 Å². The number of amides is 2. The fourth-order valence-corrected chi connectivity index (χ4v) is 6.14. The Morgan fingerprint density at radius 3 is 2.32 bits per heavy atom. The number of thioether (sulfide) groups is 1. The Balaban J connectivity index is 1.14. The van der Waals surface area contributed by atoms with E-state index in [1.54, 1.807) is 66.7 Å². The van der Waals surface area contributed by atoms with Gasteiger partial charge in [0.15, 0.2) is 5.78 Å². The van der Waals surface area contributed by atoms with Crippen molar-refractivity contribution < 1.29 is 14.4 Å². The molecule has 5 aromatic carbocycles. The van der Waals surface area contributed by atoms with Crippen molar-refractivity contribution in [2.24, 2.45) is 0 Å². The van der Waals surface area contributed by atoms with E-state index in [4.69, 9.17) is 11.6 Å². The lowest BCUT2D eigenvalue weighted by atomic mass is 10.0. The van der Waals surface area contributed by atoms with Crippen LogP contribution < -0.4 is 10.6 Å². The molecule has 0 heterocycles. The molecule has 44 heavy (non-hydrogen) atoms. The minimum atomic E-state index is -0.508. The fourth-order valence-electron chi connectivity index (χ4n) is 5.10. The van der Waals surface area contributed by atoms with Crippen LogP contribution in [0.15, 0.2) is 132 Å². The molecule has 0 bridgehead atoms. The molecule has 0 aliphatic heterocycles. The highest BCUT2D eigenvalue weighted by molar-refractivity contribution is 8.00. The summed E-state index contributed by atoms with van der Waals surface area (Å²) in [6, 6.07) is 37.3. The van der Waals surface area contributed by atoms with Crippen molar-refractivity contribution in [1.82, 2.24) is 5.32 Å². The van der Waals surface area contributed by atoms with Crippen LogP contribution in [0.5, 0.6) is 0 Å². The first-order valence-electron chi connectivity index (χ1n) is 14.1. The standard InChI is InChI=1S/C37H27ClN2O3S/c38-33-16-7-5-12-26(33)21-34(40-36(42)24-9-2-1-3-10-24)37(43)39-29-13-8-14-30(22-29)44-23-35(41)27-17-18-32-28(20-27)19-25-11-4-6-15-31(25)32/h1-18,20-22H,19,23H2,(H,39,43)(H,40,42)/b34-21-. The number of carbonyl (C=O) groups excluding carboxylic acids is 3. The van der Waals surface area contributed by atoms with Crippen LogP contribution in [-0.2, 0) is 11.2 Å². The third kappa shape index (κ3) is 6.67. The molecule has 0 radical (unpaired) electrons. The normalized spacial score (nSPS) is 11.8. The molecule has 2 N–H and O–H groups in total. The predicted molar refractivity (Wildman–Crippen MR) is 178 cm³/mol. The zero-order valence-electron chi connectivity index (χ0n) is 23.5. The smallest absolute Gasteiger partial charge is 0.272 e. The summed E-state index contributed by atoms with van der Waals surface area (Å²) in [5.74, 6) is -0.630. The van der Waals surface area contributed by atoms with Gasteiger partial charge in [-0.15, -0.1) is 11.8 Å². The van der Waals surface area contributed by atoms with E-state index in [9.17, 15) is 14.4 Å². The van der Waals surface area contributed by atoms with Crippen molar-refractivity contribution in [2.45, 2.75) is 11.3 Å². The van der Waals surface area contributed by atoms with Gasteiger partial charge >= 0.3 is 0 Å².